The third kappa shape index (κ3) is 4.58. The summed E-state index contributed by atoms with van der Waals surface area (Å²) in [5.41, 5.74) is 0.762. The number of guanidine groups is 1. The molecule has 0 spiro atoms. The van der Waals surface area contributed by atoms with Gasteiger partial charge < -0.3 is 15.0 Å². The molecule has 150 valence electrons. The van der Waals surface area contributed by atoms with E-state index in [9.17, 15) is 8.78 Å². The Hall–Kier alpha value is -1.73. The van der Waals surface area contributed by atoms with Gasteiger partial charge in [0.15, 0.2) is 5.96 Å². The second-order valence-corrected chi connectivity index (χ2v) is 7.82. The number of nitrogens with one attached hydrogen (secondary N) is 1. The average molecular weight is 380 g/mol. The summed E-state index contributed by atoms with van der Waals surface area (Å²) < 4.78 is 32.8. The van der Waals surface area contributed by atoms with Gasteiger partial charge in [-0.25, -0.2) is 8.78 Å². The molecule has 0 amide bonds. The standard InChI is InChI=1S/C20H30F2N4O/c1-4-18(16-6-5-15(21)11-17(16)22)25-7-9-26(10-8-25)19(23-3)24-12-20(2)13-27-14-20/h5-6,11,18H,4,7-10,12-14H2,1-3H3,(H,23,24). The smallest absolute Gasteiger partial charge is 0.193 e. The van der Waals surface area contributed by atoms with Crippen LogP contribution in [-0.4, -0.2) is 68.7 Å². The van der Waals surface area contributed by atoms with Gasteiger partial charge in [-0.3, -0.25) is 9.89 Å². The molecule has 0 saturated carbocycles. The summed E-state index contributed by atoms with van der Waals surface area (Å²) in [5.74, 6) is -0.0853. The number of hydrogen-bond donors (Lipinski definition) is 1. The predicted octanol–water partition coefficient (Wildman–Crippen LogP) is 2.65. The van der Waals surface area contributed by atoms with Crippen LogP contribution < -0.4 is 5.32 Å². The minimum Gasteiger partial charge on any atom is -0.380 e. The Labute approximate surface area is 160 Å². The van der Waals surface area contributed by atoms with E-state index in [-0.39, 0.29) is 11.5 Å². The van der Waals surface area contributed by atoms with E-state index in [1.165, 1.54) is 6.07 Å². The van der Waals surface area contributed by atoms with Crippen LogP contribution in [0.25, 0.3) is 0 Å². The zero-order valence-corrected chi connectivity index (χ0v) is 16.5. The first kappa shape index (κ1) is 20.0. The minimum atomic E-state index is -0.531. The quantitative estimate of drug-likeness (QED) is 0.630. The summed E-state index contributed by atoms with van der Waals surface area (Å²) in [6, 6.07) is 3.86. The van der Waals surface area contributed by atoms with E-state index in [0.717, 1.165) is 64.4 Å². The van der Waals surface area contributed by atoms with Gasteiger partial charge >= 0.3 is 0 Å². The van der Waals surface area contributed by atoms with Crippen LogP contribution in [0.15, 0.2) is 23.2 Å². The van der Waals surface area contributed by atoms with Crippen molar-refractivity contribution in [2.24, 2.45) is 10.4 Å². The van der Waals surface area contributed by atoms with Crippen molar-refractivity contribution in [3.8, 4) is 0 Å². The SMILES string of the molecule is CCC(c1ccc(F)cc1F)N1CCN(C(=NC)NCC2(C)COC2)CC1. The van der Waals surface area contributed by atoms with Gasteiger partial charge in [-0.15, -0.1) is 0 Å². The number of piperazine rings is 1. The lowest BCUT2D eigenvalue weighted by Gasteiger charge is -2.42. The van der Waals surface area contributed by atoms with Crippen LogP contribution in [0.1, 0.15) is 31.9 Å². The number of halogens is 2. The molecule has 2 heterocycles. The van der Waals surface area contributed by atoms with Crippen LogP contribution in [0.3, 0.4) is 0 Å². The van der Waals surface area contributed by atoms with Crippen molar-refractivity contribution in [1.29, 1.82) is 0 Å². The summed E-state index contributed by atoms with van der Waals surface area (Å²) in [5, 5.41) is 3.46. The van der Waals surface area contributed by atoms with Crippen molar-refractivity contribution in [2.45, 2.75) is 26.3 Å². The molecule has 7 heteroatoms. The maximum absolute atomic E-state index is 14.2. The number of benzene rings is 1. The molecule has 2 aliphatic rings. The molecule has 2 saturated heterocycles. The highest BCUT2D eigenvalue weighted by atomic mass is 19.1. The van der Waals surface area contributed by atoms with Gasteiger partial charge in [-0.1, -0.05) is 19.9 Å². The van der Waals surface area contributed by atoms with Gasteiger partial charge in [0, 0.05) is 62.9 Å². The van der Waals surface area contributed by atoms with Crippen LogP contribution in [0.4, 0.5) is 8.78 Å². The zero-order chi connectivity index (χ0) is 19.4. The molecule has 0 aliphatic carbocycles. The lowest BCUT2D eigenvalue weighted by molar-refractivity contribution is -0.0973. The zero-order valence-electron chi connectivity index (χ0n) is 16.5. The van der Waals surface area contributed by atoms with E-state index in [2.05, 4.69) is 27.0 Å². The second kappa shape index (κ2) is 8.52. The van der Waals surface area contributed by atoms with Crippen molar-refractivity contribution in [3.05, 3.63) is 35.4 Å². The lowest BCUT2D eigenvalue weighted by Crippen LogP contribution is -2.56. The summed E-state index contributed by atoms with van der Waals surface area (Å²) in [6.07, 6.45) is 0.786. The van der Waals surface area contributed by atoms with Crippen LogP contribution in [0.5, 0.6) is 0 Å². The maximum Gasteiger partial charge on any atom is 0.193 e. The normalized spacial score (nSPS) is 21.7. The summed E-state index contributed by atoms with van der Waals surface area (Å²) in [6.45, 7) is 9.95. The molecule has 5 nitrogen and oxygen atoms in total. The van der Waals surface area contributed by atoms with Gasteiger partial charge in [-0.05, 0) is 12.5 Å². The van der Waals surface area contributed by atoms with Gasteiger partial charge in [0.05, 0.1) is 13.2 Å². The fourth-order valence-electron chi connectivity index (χ4n) is 3.87. The highest BCUT2D eigenvalue weighted by Crippen LogP contribution is 2.28. The summed E-state index contributed by atoms with van der Waals surface area (Å²) >= 11 is 0. The molecule has 1 unspecified atom stereocenters. The molecule has 27 heavy (non-hydrogen) atoms. The molecule has 0 bridgehead atoms. The molecule has 1 aromatic carbocycles. The molecular weight excluding hydrogens is 350 g/mol. The minimum absolute atomic E-state index is 0.0336. The predicted molar refractivity (Wildman–Crippen MR) is 103 cm³/mol. The fraction of sp³-hybridized carbons (Fsp3) is 0.650. The highest BCUT2D eigenvalue weighted by Gasteiger charge is 2.34. The van der Waals surface area contributed by atoms with E-state index >= 15 is 0 Å². The lowest BCUT2D eigenvalue weighted by atomic mass is 9.89. The van der Waals surface area contributed by atoms with Crippen LogP contribution in [0.2, 0.25) is 0 Å². The van der Waals surface area contributed by atoms with Gasteiger partial charge in [0.25, 0.3) is 0 Å². The molecule has 2 aliphatic heterocycles. The first-order chi connectivity index (χ1) is 13.0. The number of aliphatic imine (C=N–C) groups is 1. The molecular formula is C20H30F2N4O. The van der Waals surface area contributed by atoms with E-state index in [4.69, 9.17) is 4.74 Å². The molecule has 1 atom stereocenters. The van der Waals surface area contributed by atoms with Crippen LogP contribution in [-0.2, 0) is 4.74 Å². The van der Waals surface area contributed by atoms with E-state index in [1.54, 1.807) is 13.1 Å². The van der Waals surface area contributed by atoms with Gasteiger partial charge in [0.2, 0.25) is 0 Å². The molecule has 2 fully saturated rings. The monoisotopic (exact) mass is 380 g/mol. The second-order valence-electron chi connectivity index (χ2n) is 7.82. The fourth-order valence-corrected chi connectivity index (χ4v) is 3.87. The molecule has 1 N–H and O–H groups in total. The number of rotatable bonds is 5. The Kier molecular flexibility index (Phi) is 6.32. The topological polar surface area (TPSA) is 40.1 Å². The van der Waals surface area contributed by atoms with Crippen molar-refractivity contribution >= 4 is 5.96 Å². The Bertz CT molecular complexity index is 670. The van der Waals surface area contributed by atoms with Crippen molar-refractivity contribution in [3.63, 3.8) is 0 Å². The van der Waals surface area contributed by atoms with Crippen molar-refractivity contribution in [1.82, 2.24) is 15.1 Å². The number of ether oxygens (including phenoxy) is 1. The third-order valence-corrected chi connectivity index (χ3v) is 5.55. The van der Waals surface area contributed by atoms with Crippen LogP contribution >= 0.6 is 0 Å². The van der Waals surface area contributed by atoms with Crippen molar-refractivity contribution in [2.75, 3.05) is 53.0 Å². The number of hydrogen-bond acceptors (Lipinski definition) is 3. The largest absolute Gasteiger partial charge is 0.380 e. The summed E-state index contributed by atoms with van der Waals surface area (Å²) in [7, 11) is 1.80. The molecule has 1 aromatic rings. The van der Waals surface area contributed by atoms with E-state index < -0.39 is 11.6 Å². The Morgan fingerprint density at radius 2 is 1.96 bits per heavy atom. The Morgan fingerprint density at radius 1 is 1.26 bits per heavy atom. The van der Waals surface area contributed by atoms with E-state index in [1.807, 2.05) is 6.92 Å². The first-order valence-corrected chi connectivity index (χ1v) is 9.68. The van der Waals surface area contributed by atoms with Crippen molar-refractivity contribution < 1.29 is 13.5 Å². The first-order valence-electron chi connectivity index (χ1n) is 9.68. The molecule has 3 rings (SSSR count). The van der Waals surface area contributed by atoms with Gasteiger partial charge in [-0.2, -0.15) is 0 Å². The molecule has 0 radical (unpaired) electrons. The maximum atomic E-state index is 14.2. The highest BCUT2D eigenvalue weighted by molar-refractivity contribution is 5.80. The van der Waals surface area contributed by atoms with Crippen LogP contribution in [0, 0.1) is 17.0 Å². The summed E-state index contributed by atoms with van der Waals surface area (Å²) in [4.78, 5) is 8.94. The molecule has 0 aromatic heterocycles. The Morgan fingerprint density at radius 3 is 2.48 bits per heavy atom. The third-order valence-electron chi connectivity index (χ3n) is 5.55. The van der Waals surface area contributed by atoms with E-state index in [0.29, 0.717) is 5.56 Å². The average Bonchev–Trinajstić information content (AvgIpc) is 2.64. The number of nitrogens with zero attached hydrogens (tertiary/aromatic N) is 3. The van der Waals surface area contributed by atoms with Gasteiger partial charge in [0.1, 0.15) is 11.6 Å². The Balaban J connectivity index is 1.58.